The lowest BCUT2D eigenvalue weighted by Gasteiger charge is -2.02. The van der Waals surface area contributed by atoms with Crippen molar-refractivity contribution in [1.82, 2.24) is 9.78 Å². The number of benzene rings is 1. The van der Waals surface area contributed by atoms with Crippen molar-refractivity contribution in [3.05, 3.63) is 41.6 Å². The maximum absolute atomic E-state index is 9.13. The first-order valence-corrected chi connectivity index (χ1v) is 5.49. The molecule has 0 aliphatic rings. The molecule has 0 fully saturated rings. The smallest absolute Gasteiger partial charge is 0.145 e. The van der Waals surface area contributed by atoms with E-state index in [2.05, 4.69) is 11.2 Å². The van der Waals surface area contributed by atoms with Crippen molar-refractivity contribution in [2.24, 2.45) is 0 Å². The summed E-state index contributed by atoms with van der Waals surface area (Å²) < 4.78 is 1.62. The van der Waals surface area contributed by atoms with Crippen molar-refractivity contribution in [1.29, 1.82) is 5.26 Å². The van der Waals surface area contributed by atoms with Gasteiger partial charge in [0.05, 0.1) is 11.4 Å². The fourth-order valence-corrected chi connectivity index (χ4v) is 1.73. The summed E-state index contributed by atoms with van der Waals surface area (Å²) in [5.41, 5.74) is 8.05. The predicted octanol–water partition coefficient (Wildman–Crippen LogP) is 2.45. The summed E-state index contributed by atoms with van der Waals surface area (Å²) in [4.78, 5) is 0. The summed E-state index contributed by atoms with van der Waals surface area (Å²) in [5.74, 6) is 0.583. The molecule has 1 aromatic carbocycles. The monoisotopic (exact) mass is 226 g/mol. The number of hydrogen-bond acceptors (Lipinski definition) is 3. The van der Waals surface area contributed by atoms with Gasteiger partial charge >= 0.3 is 0 Å². The minimum Gasteiger partial charge on any atom is -0.382 e. The average molecular weight is 226 g/mol. The Morgan fingerprint density at radius 1 is 1.29 bits per heavy atom. The van der Waals surface area contributed by atoms with Gasteiger partial charge in [0, 0.05) is 0 Å². The summed E-state index contributed by atoms with van der Waals surface area (Å²) in [6.07, 6.45) is 0. The molecule has 17 heavy (non-hydrogen) atoms. The number of hydrogen-bond donors (Lipinski definition) is 1. The number of rotatable bonds is 2. The Kier molecular flexibility index (Phi) is 2.84. The Morgan fingerprint density at radius 3 is 2.41 bits per heavy atom. The van der Waals surface area contributed by atoms with Gasteiger partial charge in [-0.05, 0) is 18.1 Å². The number of nitrogens with two attached hydrogens (primary N) is 1. The minimum absolute atomic E-state index is 0.178. The molecule has 2 rings (SSSR count). The van der Waals surface area contributed by atoms with Crippen LogP contribution in [0.3, 0.4) is 0 Å². The third kappa shape index (κ3) is 1.87. The molecule has 0 spiro atoms. The van der Waals surface area contributed by atoms with Crippen LogP contribution in [0.4, 0.5) is 5.82 Å². The normalized spacial score (nSPS) is 10.5. The Labute approximate surface area is 100 Å². The number of nitrogen functional groups attached to an aromatic ring is 1. The molecule has 0 bridgehead atoms. The summed E-state index contributed by atoms with van der Waals surface area (Å²) in [5, 5.41) is 13.5. The third-order valence-corrected chi connectivity index (χ3v) is 2.61. The molecule has 0 radical (unpaired) electrons. The highest BCUT2D eigenvalue weighted by molar-refractivity contribution is 5.56. The zero-order valence-electron chi connectivity index (χ0n) is 9.88. The predicted molar refractivity (Wildman–Crippen MR) is 66.8 cm³/mol. The van der Waals surface area contributed by atoms with Gasteiger partial charge in [-0.3, -0.25) is 0 Å². The van der Waals surface area contributed by atoms with Crippen molar-refractivity contribution in [3.63, 3.8) is 0 Å². The largest absolute Gasteiger partial charge is 0.382 e. The second-order valence-corrected chi connectivity index (χ2v) is 4.16. The summed E-state index contributed by atoms with van der Waals surface area (Å²) in [6.45, 7) is 4.00. The van der Waals surface area contributed by atoms with Crippen molar-refractivity contribution in [2.45, 2.75) is 19.8 Å². The molecule has 0 aliphatic carbocycles. The van der Waals surface area contributed by atoms with E-state index < -0.39 is 0 Å². The topological polar surface area (TPSA) is 67.6 Å². The minimum atomic E-state index is 0.178. The molecule has 4 nitrogen and oxygen atoms in total. The molecular formula is C13H14N4. The van der Waals surface area contributed by atoms with Crippen molar-refractivity contribution >= 4 is 5.82 Å². The molecule has 1 heterocycles. The number of para-hydroxylation sites is 1. The molecule has 1 aromatic heterocycles. The summed E-state index contributed by atoms with van der Waals surface area (Å²) in [7, 11) is 0. The van der Waals surface area contributed by atoms with Gasteiger partial charge in [0.2, 0.25) is 0 Å². The molecule has 2 aromatic rings. The van der Waals surface area contributed by atoms with Crippen molar-refractivity contribution in [2.75, 3.05) is 5.73 Å². The maximum atomic E-state index is 9.13. The lowest BCUT2D eigenvalue weighted by Crippen LogP contribution is -2.02. The Hall–Kier alpha value is -2.28. The number of nitriles is 1. The van der Waals surface area contributed by atoms with Gasteiger partial charge in [-0.25, -0.2) is 4.68 Å². The zero-order valence-corrected chi connectivity index (χ0v) is 9.88. The first-order chi connectivity index (χ1) is 8.15. The van der Waals surface area contributed by atoms with Crippen molar-refractivity contribution in [3.8, 4) is 11.8 Å². The first-order valence-electron chi connectivity index (χ1n) is 5.49. The van der Waals surface area contributed by atoms with Crippen LogP contribution in [0.15, 0.2) is 30.3 Å². The molecule has 0 amide bonds. The van der Waals surface area contributed by atoms with Gasteiger partial charge in [-0.15, -0.1) is 0 Å². The Bertz CT molecular complexity index is 561. The molecule has 86 valence electrons. The quantitative estimate of drug-likeness (QED) is 0.855. The third-order valence-electron chi connectivity index (χ3n) is 2.61. The van der Waals surface area contributed by atoms with Gasteiger partial charge in [0.15, 0.2) is 0 Å². The van der Waals surface area contributed by atoms with E-state index in [0.29, 0.717) is 11.4 Å². The van der Waals surface area contributed by atoms with Crippen LogP contribution in [-0.2, 0) is 0 Å². The Balaban J connectivity index is 2.62. The second-order valence-electron chi connectivity index (χ2n) is 4.16. The molecule has 0 aliphatic heterocycles. The molecule has 0 saturated carbocycles. The fourth-order valence-electron chi connectivity index (χ4n) is 1.73. The van der Waals surface area contributed by atoms with Gasteiger partial charge in [-0.2, -0.15) is 10.4 Å². The molecule has 2 N–H and O–H groups in total. The van der Waals surface area contributed by atoms with Crippen LogP contribution in [-0.4, -0.2) is 9.78 Å². The second kappa shape index (κ2) is 4.30. The van der Waals surface area contributed by atoms with Gasteiger partial charge < -0.3 is 5.73 Å². The number of anilines is 1. The fraction of sp³-hybridized carbons (Fsp3) is 0.231. The molecule has 0 unspecified atom stereocenters. The van der Waals surface area contributed by atoms with E-state index in [4.69, 9.17) is 11.0 Å². The van der Waals surface area contributed by atoms with Gasteiger partial charge in [0.25, 0.3) is 0 Å². The van der Waals surface area contributed by atoms with Crippen LogP contribution in [0.25, 0.3) is 5.69 Å². The van der Waals surface area contributed by atoms with Crippen LogP contribution in [0.2, 0.25) is 0 Å². The highest BCUT2D eigenvalue weighted by Gasteiger charge is 2.18. The van der Waals surface area contributed by atoms with E-state index in [1.165, 1.54) is 0 Å². The van der Waals surface area contributed by atoms with Crippen LogP contribution >= 0.6 is 0 Å². The SMILES string of the molecule is CC(C)c1nn(-c2ccccc2)c(N)c1C#N. The zero-order chi connectivity index (χ0) is 12.4. The van der Waals surface area contributed by atoms with Crippen LogP contribution in [0.5, 0.6) is 0 Å². The van der Waals surface area contributed by atoms with E-state index in [0.717, 1.165) is 11.4 Å². The summed E-state index contributed by atoms with van der Waals surface area (Å²) >= 11 is 0. The van der Waals surface area contributed by atoms with E-state index in [9.17, 15) is 0 Å². The molecule has 0 atom stereocenters. The highest BCUT2D eigenvalue weighted by atomic mass is 15.3. The average Bonchev–Trinajstić information content (AvgIpc) is 2.67. The lowest BCUT2D eigenvalue weighted by atomic mass is 10.1. The number of aromatic nitrogens is 2. The van der Waals surface area contributed by atoms with Crippen LogP contribution < -0.4 is 5.73 Å². The molecule has 0 saturated heterocycles. The summed E-state index contributed by atoms with van der Waals surface area (Å²) in [6, 6.07) is 11.7. The standard InChI is InChI=1S/C13H14N4/c1-9(2)12-11(8-14)13(15)17(16-12)10-6-4-3-5-7-10/h3-7,9H,15H2,1-2H3. The molecular weight excluding hydrogens is 212 g/mol. The van der Waals surface area contributed by atoms with Crippen LogP contribution in [0.1, 0.15) is 31.0 Å². The van der Waals surface area contributed by atoms with Gasteiger partial charge in [-0.1, -0.05) is 32.0 Å². The lowest BCUT2D eigenvalue weighted by molar-refractivity contribution is 0.770. The Morgan fingerprint density at radius 2 is 1.94 bits per heavy atom. The van der Waals surface area contributed by atoms with Crippen LogP contribution in [0, 0.1) is 11.3 Å². The maximum Gasteiger partial charge on any atom is 0.145 e. The van der Waals surface area contributed by atoms with E-state index in [-0.39, 0.29) is 5.92 Å². The van der Waals surface area contributed by atoms with Gasteiger partial charge in [0.1, 0.15) is 17.5 Å². The van der Waals surface area contributed by atoms with E-state index in [1.807, 2.05) is 44.2 Å². The van der Waals surface area contributed by atoms with E-state index in [1.54, 1.807) is 4.68 Å². The van der Waals surface area contributed by atoms with Crippen molar-refractivity contribution < 1.29 is 0 Å². The molecule has 4 heteroatoms. The first kappa shape index (κ1) is 11.2. The number of nitrogens with zero attached hydrogens (tertiary/aromatic N) is 3. The highest BCUT2D eigenvalue weighted by Crippen LogP contribution is 2.25. The van der Waals surface area contributed by atoms with E-state index >= 15 is 0 Å².